The van der Waals surface area contributed by atoms with E-state index in [1.807, 2.05) is 13.0 Å². The first kappa shape index (κ1) is 7.44. The van der Waals surface area contributed by atoms with Crippen molar-refractivity contribution in [1.82, 2.24) is 0 Å². The number of aliphatic imine (C=N–C) groups is 1. The molecule has 2 unspecified atom stereocenters. The van der Waals surface area contributed by atoms with Crippen molar-refractivity contribution in [3.05, 3.63) is 12.3 Å². The van der Waals surface area contributed by atoms with Crippen LogP contribution in [0.4, 0.5) is 0 Å². The molecule has 1 heterocycles. The first-order valence-electron chi connectivity index (χ1n) is 3.44. The maximum Gasteiger partial charge on any atom is 0.0619 e. The molecule has 10 heavy (non-hydrogen) atoms. The van der Waals surface area contributed by atoms with Gasteiger partial charge in [0.1, 0.15) is 0 Å². The lowest BCUT2D eigenvalue weighted by atomic mass is 9.88. The van der Waals surface area contributed by atoms with E-state index in [-0.39, 0.29) is 11.6 Å². The Hall–Kier alpha value is -0.670. The van der Waals surface area contributed by atoms with E-state index in [4.69, 9.17) is 11.5 Å². The number of hydrogen-bond acceptors (Lipinski definition) is 3. The number of nitrogens with zero attached hydrogens (tertiary/aromatic N) is 1. The molecule has 2 atom stereocenters. The molecule has 0 bridgehead atoms. The zero-order chi connectivity index (χ0) is 7.61. The second kappa shape index (κ2) is 2.52. The molecule has 1 aliphatic heterocycles. The Morgan fingerprint density at radius 3 is 2.80 bits per heavy atom. The minimum Gasteiger partial charge on any atom is -0.321 e. The summed E-state index contributed by atoms with van der Waals surface area (Å²) in [6.07, 6.45) is 6.09. The molecule has 56 valence electrons. The lowest BCUT2D eigenvalue weighted by molar-refractivity contribution is 0.475. The highest BCUT2D eigenvalue weighted by molar-refractivity contribution is 5.69. The highest BCUT2D eigenvalue weighted by Gasteiger charge is 2.27. The van der Waals surface area contributed by atoms with Crippen molar-refractivity contribution in [2.24, 2.45) is 16.5 Å². The van der Waals surface area contributed by atoms with Crippen molar-refractivity contribution in [3.8, 4) is 0 Å². The lowest BCUT2D eigenvalue weighted by Crippen LogP contribution is -2.55. The van der Waals surface area contributed by atoms with Crippen LogP contribution in [0.2, 0.25) is 0 Å². The Bertz CT molecular complexity index is 174. The molecule has 3 nitrogen and oxygen atoms in total. The molecule has 0 amide bonds. The van der Waals surface area contributed by atoms with Gasteiger partial charge in [-0.1, -0.05) is 6.92 Å². The van der Waals surface area contributed by atoms with E-state index in [9.17, 15) is 0 Å². The van der Waals surface area contributed by atoms with Gasteiger partial charge >= 0.3 is 0 Å². The summed E-state index contributed by atoms with van der Waals surface area (Å²) in [5.74, 6) is 0. The average Bonchev–Trinajstić information content (AvgIpc) is 1.96. The molecule has 0 aliphatic carbocycles. The van der Waals surface area contributed by atoms with Crippen LogP contribution in [0.25, 0.3) is 0 Å². The third-order valence-electron chi connectivity index (χ3n) is 1.95. The zero-order valence-electron chi connectivity index (χ0n) is 6.12. The van der Waals surface area contributed by atoms with E-state index >= 15 is 0 Å². The van der Waals surface area contributed by atoms with Crippen molar-refractivity contribution >= 4 is 6.21 Å². The fraction of sp³-hybridized carbons (Fsp3) is 0.571. The maximum atomic E-state index is 5.90. The van der Waals surface area contributed by atoms with Gasteiger partial charge in [-0.3, -0.25) is 4.99 Å². The highest BCUT2D eigenvalue weighted by Crippen LogP contribution is 2.14. The Morgan fingerprint density at radius 2 is 2.40 bits per heavy atom. The summed E-state index contributed by atoms with van der Waals surface area (Å²) in [4.78, 5) is 3.89. The molecular formula is C7H13N3. The van der Waals surface area contributed by atoms with Gasteiger partial charge in [-0.25, -0.2) is 0 Å². The molecule has 0 aromatic rings. The van der Waals surface area contributed by atoms with Crippen LogP contribution in [0.3, 0.4) is 0 Å². The number of nitrogens with two attached hydrogens (primary N) is 2. The summed E-state index contributed by atoms with van der Waals surface area (Å²) in [6, 6.07) is -0.137. The monoisotopic (exact) mass is 139 g/mol. The summed E-state index contributed by atoms with van der Waals surface area (Å²) in [5, 5.41) is 0. The molecular weight excluding hydrogens is 126 g/mol. The van der Waals surface area contributed by atoms with Crippen molar-refractivity contribution in [2.45, 2.75) is 24.9 Å². The minimum atomic E-state index is -0.373. The van der Waals surface area contributed by atoms with Crippen molar-refractivity contribution in [3.63, 3.8) is 0 Å². The van der Waals surface area contributed by atoms with Crippen molar-refractivity contribution in [1.29, 1.82) is 0 Å². The Labute approximate surface area is 60.8 Å². The van der Waals surface area contributed by atoms with E-state index in [2.05, 4.69) is 4.99 Å². The fourth-order valence-corrected chi connectivity index (χ4v) is 0.928. The Morgan fingerprint density at radius 1 is 1.70 bits per heavy atom. The van der Waals surface area contributed by atoms with Crippen LogP contribution in [-0.2, 0) is 0 Å². The molecule has 0 saturated carbocycles. The first-order valence-corrected chi connectivity index (χ1v) is 3.44. The SMILES string of the molecule is CCC1(N)C=CN=CC1N. The van der Waals surface area contributed by atoms with Crippen molar-refractivity contribution in [2.75, 3.05) is 0 Å². The van der Waals surface area contributed by atoms with E-state index in [0.29, 0.717) is 0 Å². The topological polar surface area (TPSA) is 64.4 Å². The van der Waals surface area contributed by atoms with Crippen LogP contribution >= 0.6 is 0 Å². The molecule has 1 rings (SSSR count). The Kier molecular flexibility index (Phi) is 1.87. The molecule has 1 aliphatic rings. The van der Waals surface area contributed by atoms with Gasteiger partial charge in [0.25, 0.3) is 0 Å². The fourth-order valence-electron chi connectivity index (χ4n) is 0.928. The lowest BCUT2D eigenvalue weighted by Gasteiger charge is -2.30. The van der Waals surface area contributed by atoms with Gasteiger partial charge in [0.15, 0.2) is 0 Å². The predicted molar refractivity (Wildman–Crippen MR) is 42.8 cm³/mol. The second-order valence-electron chi connectivity index (χ2n) is 2.61. The van der Waals surface area contributed by atoms with Crippen LogP contribution in [0, 0.1) is 0 Å². The van der Waals surface area contributed by atoms with Gasteiger partial charge in [-0.2, -0.15) is 0 Å². The van der Waals surface area contributed by atoms with E-state index in [0.717, 1.165) is 6.42 Å². The second-order valence-corrected chi connectivity index (χ2v) is 2.61. The molecule has 0 saturated heterocycles. The van der Waals surface area contributed by atoms with Crippen LogP contribution in [0.15, 0.2) is 17.3 Å². The summed E-state index contributed by atoms with van der Waals surface area (Å²) in [6.45, 7) is 2.02. The van der Waals surface area contributed by atoms with E-state index in [1.165, 1.54) is 0 Å². The molecule has 0 aromatic heterocycles. The van der Waals surface area contributed by atoms with Gasteiger partial charge in [0, 0.05) is 12.4 Å². The van der Waals surface area contributed by atoms with Gasteiger partial charge in [-0.05, 0) is 12.5 Å². The first-order chi connectivity index (χ1) is 4.69. The van der Waals surface area contributed by atoms with Crippen LogP contribution in [0.1, 0.15) is 13.3 Å². The smallest absolute Gasteiger partial charge is 0.0619 e. The minimum absolute atomic E-state index is 0.137. The van der Waals surface area contributed by atoms with E-state index in [1.54, 1.807) is 12.4 Å². The highest BCUT2D eigenvalue weighted by atomic mass is 14.9. The number of rotatable bonds is 1. The average molecular weight is 139 g/mol. The molecule has 0 fully saturated rings. The Balaban J connectivity index is 2.77. The third-order valence-corrected chi connectivity index (χ3v) is 1.95. The normalized spacial score (nSPS) is 38.5. The third kappa shape index (κ3) is 1.10. The molecule has 0 aromatic carbocycles. The van der Waals surface area contributed by atoms with Crippen LogP contribution < -0.4 is 11.5 Å². The maximum absolute atomic E-state index is 5.90. The van der Waals surface area contributed by atoms with Gasteiger partial charge in [-0.15, -0.1) is 0 Å². The van der Waals surface area contributed by atoms with Gasteiger partial charge < -0.3 is 11.5 Å². The van der Waals surface area contributed by atoms with Gasteiger partial charge in [0.2, 0.25) is 0 Å². The summed E-state index contributed by atoms with van der Waals surface area (Å²) < 4.78 is 0. The van der Waals surface area contributed by atoms with Gasteiger partial charge in [0.05, 0.1) is 11.6 Å². The predicted octanol–water partition coefficient (Wildman–Crippen LogP) is 0.0193. The summed E-state index contributed by atoms with van der Waals surface area (Å²) in [7, 11) is 0. The van der Waals surface area contributed by atoms with Crippen LogP contribution in [-0.4, -0.2) is 17.8 Å². The summed E-state index contributed by atoms with van der Waals surface area (Å²) >= 11 is 0. The molecule has 3 heteroatoms. The molecule has 0 radical (unpaired) electrons. The van der Waals surface area contributed by atoms with Crippen LogP contribution in [0.5, 0.6) is 0 Å². The standard InChI is InChI=1S/C7H13N3/c1-2-7(9)3-4-10-5-6(7)8/h3-6H,2,8-9H2,1H3. The zero-order valence-corrected chi connectivity index (χ0v) is 6.12. The van der Waals surface area contributed by atoms with E-state index < -0.39 is 0 Å². The molecule has 4 N–H and O–H groups in total. The summed E-state index contributed by atoms with van der Waals surface area (Å²) in [5.41, 5.74) is 11.2. The quantitative estimate of drug-likeness (QED) is 0.538. The largest absolute Gasteiger partial charge is 0.321 e. The van der Waals surface area contributed by atoms with Crippen molar-refractivity contribution < 1.29 is 0 Å². The number of hydrogen-bond donors (Lipinski definition) is 2. The molecule has 0 spiro atoms.